The third-order valence-corrected chi connectivity index (χ3v) is 4.13. The summed E-state index contributed by atoms with van der Waals surface area (Å²) < 4.78 is 2.10. The number of nitrogens with zero attached hydrogens (tertiary/aromatic N) is 1. The van der Waals surface area contributed by atoms with E-state index in [0.29, 0.717) is 18.3 Å². The Hall–Kier alpha value is -2.11. The second-order valence-corrected chi connectivity index (χ2v) is 5.64. The second kappa shape index (κ2) is 6.77. The summed E-state index contributed by atoms with van der Waals surface area (Å²) in [5.74, 6) is -0.0716. The van der Waals surface area contributed by atoms with Crippen molar-refractivity contribution in [1.82, 2.24) is 9.88 Å². The van der Waals surface area contributed by atoms with Gasteiger partial charge in [-0.2, -0.15) is 0 Å². The number of anilines is 1. The van der Waals surface area contributed by atoms with E-state index in [4.69, 9.17) is 5.73 Å². The monoisotopic (exact) mass is 298 g/mol. The highest BCUT2D eigenvalue weighted by atomic mass is 16.1. The molecule has 22 heavy (non-hydrogen) atoms. The Morgan fingerprint density at radius 2 is 2.09 bits per heavy atom. The van der Waals surface area contributed by atoms with Crippen LogP contribution < -0.4 is 16.4 Å². The molecule has 4 N–H and O–H groups in total. The van der Waals surface area contributed by atoms with Crippen molar-refractivity contribution >= 4 is 11.6 Å². The molecular weight excluding hydrogens is 276 g/mol. The lowest BCUT2D eigenvalue weighted by Gasteiger charge is -2.25. The number of nitrogens with one attached hydrogen (secondary N) is 2. The van der Waals surface area contributed by atoms with Gasteiger partial charge in [-0.3, -0.25) is 4.79 Å². The summed E-state index contributed by atoms with van der Waals surface area (Å²) in [7, 11) is 0. The van der Waals surface area contributed by atoms with Gasteiger partial charge in [0.1, 0.15) is 5.69 Å². The van der Waals surface area contributed by atoms with Crippen LogP contribution in [0.25, 0.3) is 0 Å². The fourth-order valence-corrected chi connectivity index (χ4v) is 2.96. The Balaban J connectivity index is 1.76. The smallest absolute Gasteiger partial charge is 0.272 e. The number of piperidine rings is 1. The molecule has 5 nitrogen and oxygen atoms in total. The summed E-state index contributed by atoms with van der Waals surface area (Å²) >= 11 is 0. The lowest BCUT2D eigenvalue weighted by Crippen LogP contribution is -2.31. The van der Waals surface area contributed by atoms with Crippen molar-refractivity contribution < 1.29 is 4.79 Å². The molecule has 0 atom stereocenters. The lowest BCUT2D eigenvalue weighted by molar-refractivity contribution is 0.101. The molecule has 1 aliphatic heterocycles. The molecule has 1 fully saturated rings. The predicted molar refractivity (Wildman–Crippen MR) is 87.9 cm³/mol. The Labute approximate surface area is 130 Å². The minimum Gasteiger partial charge on any atom is -0.340 e. The number of hydrogen-bond donors (Lipinski definition) is 3. The third kappa shape index (κ3) is 3.21. The van der Waals surface area contributed by atoms with E-state index in [1.54, 1.807) is 0 Å². The molecule has 0 aliphatic carbocycles. The van der Waals surface area contributed by atoms with Crippen LogP contribution in [0.2, 0.25) is 0 Å². The van der Waals surface area contributed by atoms with Gasteiger partial charge >= 0.3 is 0 Å². The standard InChI is InChI=1S/C17H22N4O/c18-12-13-3-1-4-14(11-13)20-17(22)16-5-2-10-21(16)15-6-8-19-9-7-15/h1-5,10-11,15,19H,6-9,12,18H2,(H,20,22). The molecule has 0 spiro atoms. The molecule has 3 rings (SSSR count). The highest BCUT2D eigenvalue weighted by Crippen LogP contribution is 2.22. The molecular formula is C17H22N4O. The van der Waals surface area contributed by atoms with Crippen molar-refractivity contribution in [2.75, 3.05) is 18.4 Å². The fraction of sp³-hybridized carbons (Fsp3) is 0.353. The van der Waals surface area contributed by atoms with Crippen LogP contribution in [-0.4, -0.2) is 23.6 Å². The first-order valence-corrected chi connectivity index (χ1v) is 7.76. The number of carbonyl (C=O) groups is 1. The first kappa shape index (κ1) is 14.8. The van der Waals surface area contributed by atoms with E-state index >= 15 is 0 Å². The van der Waals surface area contributed by atoms with Crippen molar-refractivity contribution in [3.8, 4) is 0 Å². The molecule has 1 amide bonds. The van der Waals surface area contributed by atoms with Gasteiger partial charge in [0, 0.05) is 24.5 Å². The Morgan fingerprint density at radius 1 is 1.27 bits per heavy atom. The molecule has 1 aromatic carbocycles. The number of hydrogen-bond acceptors (Lipinski definition) is 3. The summed E-state index contributed by atoms with van der Waals surface area (Å²) in [6, 6.07) is 11.9. The maximum absolute atomic E-state index is 12.6. The van der Waals surface area contributed by atoms with Crippen LogP contribution in [0.15, 0.2) is 42.6 Å². The average molecular weight is 298 g/mol. The van der Waals surface area contributed by atoms with Crippen LogP contribution in [-0.2, 0) is 6.54 Å². The third-order valence-electron chi connectivity index (χ3n) is 4.13. The number of aromatic nitrogens is 1. The van der Waals surface area contributed by atoms with Gasteiger partial charge in [-0.1, -0.05) is 12.1 Å². The second-order valence-electron chi connectivity index (χ2n) is 5.64. The Kier molecular flexibility index (Phi) is 4.56. The Morgan fingerprint density at radius 3 is 2.86 bits per heavy atom. The van der Waals surface area contributed by atoms with E-state index < -0.39 is 0 Å². The van der Waals surface area contributed by atoms with Gasteiger partial charge in [0.2, 0.25) is 0 Å². The summed E-state index contributed by atoms with van der Waals surface area (Å²) in [5, 5.41) is 6.32. The quantitative estimate of drug-likeness (QED) is 0.809. The van der Waals surface area contributed by atoms with Gasteiger partial charge in [0.15, 0.2) is 0 Å². The topological polar surface area (TPSA) is 72.1 Å². The van der Waals surface area contributed by atoms with Crippen LogP contribution in [0.5, 0.6) is 0 Å². The van der Waals surface area contributed by atoms with Crippen molar-refractivity contribution in [2.45, 2.75) is 25.4 Å². The number of amides is 1. The molecule has 1 saturated heterocycles. The maximum atomic E-state index is 12.6. The largest absolute Gasteiger partial charge is 0.340 e. The van der Waals surface area contributed by atoms with E-state index in [1.807, 2.05) is 42.6 Å². The molecule has 1 aromatic heterocycles. The maximum Gasteiger partial charge on any atom is 0.272 e. The van der Waals surface area contributed by atoms with Crippen LogP contribution >= 0.6 is 0 Å². The molecule has 0 saturated carbocycles. The summed E-state index contributed by atoms with van der Waals surface area (Å²) in [6.45, 7) is 2.47. The van der Waals surface area contributed by atoms with Gasteiger partial charge < -0.3 is 20.9 Å². The zero-order valence-corrected chi connectivity index (χ0v) is 12.6. The van der Waals surface area contributed by atoms with E-state index in [9.17, 15) is 4.79 Å². The molecule has 1 aliphatic rings. The van der Waals surface area contributed by atoms with Crippen molar-refractivity contribution in [2.24, 2.45) is 5.73 Å². The number of benzene rings is 1. The molecule has 5 heteroatoms. The van der Waals surface area contributed by atoms with Crippen molar-refractivity contribution in [3.05, 3.63) is 53.9 Å². The SMILES string of the molecule is NCc1cccc(NC(=O)c2cccn2C2CCNCC2)c1. The van der Waals surface area contributed by atoms with Crippen molar-refractivity contribution in [1.29, 1.82) is 0 Å². The van der Waals surface area contributed by atoms with Gasteiger partial charge in [-0.15, -0.1) is 0 Å². The molecule has 0 bridgehead atoms. The van der Waals surface area contributed by atoms with Crippen molar-refractivity contribution in [3.63, 3.8) is 0 Å². The molecule has 116 valence electrons. The Bertz CT molecular complexity index is 644. The van der Waals surface area contributed by atoms with E-state index in [0.717, 1.165) is 37.2 Å². The van der Waals surface area contributed by atoms with E-state index in [2.05, 4.69) is 15.2 Å². The minimum atomic E-state index is -0.0716. The zero-order valence-electron chi connectivity index (χ0n) is 12.6. The van der Waals surface area contributed by atoms with Gasteiger partial charge in [0.05, 0.1) is 0 Å². The van der Waals surface area contributed by atoms with E-state index in [-0.39, 0.29) is 5.91 Å². The van der Waals surface area contributed by atoms with Gasteiger partial charge in [0.25, 0.3) is 5.91 Å². The highest BCUT2D eigenvalue weighted by Gasteiger charge is 2.19. The summed E-state index contributed by atoms with van der Waals surface area (Å²) in [6.07, 6.45) is 4.11. The van der Waals surface area contributed by atoms with E-state index in [1.165, 1.54) is 0 Å². The summed E-state index contributed by atoms with van der Waals surface area (Å²) in [5.41, 5.74) is 8.15. The number of carbonyl (C=O) groups excluding carboxylic acids is 1. The zero-order chi connectivity index (χ0) is 15.4. The van der Waals surface area contributed by atoms with Crippen LogP contribution in [0, 0.1) is 0 Å². The predicted octanol–water partition coefficient (Wildman–Crippen LogP) is 2.12. The number of nitrogens with two attached hydrogens (primary N) is 1. The van der Waals surface area contributed by atoms with Crippen LogP contribution in [0.3, 0.4) is 0 Å². The minimum absolute atomic E-state index is 0.0716. The van der Waals surface area contributed by atoms with Crippen LogP contribution in [0.1, 0.15) is 34.9 Å². The number of rotatable bonds is 4. The normalized spacial score (nSPS) is 15.7. The first-order valence-electron chi connectivity index (χ1n) is 7.76. The van der Waals surface area contributed by atoms with Gasteiger partial charge in [-0.05, 0) is 55.8 Å². The lowest BCUT2D eigenvalue weighted by atomic mass is 10.1. The first-order chi connectivity index (χ1) is 10.8. The van der Waals surface area contributed by atoms with Gasteiger partial charge in [-0.25, -0.2) is 0 Å². The van der Waals surface area contributed by atoms with Crippen LogP contribution in [0.4, 0.5) is 5.69 Å². The highest BCUT2D eigenvalue weighted by molar-refractivity contribution is 6.03. The molecule has 0 radical (unpaired) electrons. The fourth-order valence-electron chi connectivity index (χ4n) is 2.96. The molecule has 2 aromatic rings. The molecule has 2 heterocycles. The summed E-state index contributed by atoms with van der Waals surface area (Å²) in [4.78, 5) is 12.6. The molecule has 0 unspecified atom stereocenters. The average Bonchev–Trinajstić information content (AvgIpc) is 3.05.